The molecule has 3 heterocycles. The highest BCUT2D eigenvalue weighted by atomic mass is 16.2. The van der Waals surface area contributed by atoms with Crippen LogP contribution in [0.5, 0.6) is 0 Å². The molecule has 0 aliphatic carbocycles. The monoisotopic (exact) mass is 443 g/mol. The predicted molar refractivity (Wildman–Crippen MR) is 131 cm³/mol. The largest absolute Gasteiger partial charge is 0.332 e. The molecule has 0 bridgehead atoms. The molecule has 1 unspecified atom stereocenters. The van der Waals surface area contributed by atoms with Gasteiger partial charge in [0.1, 0.15) is 0 Å². The summed E-state index contributed by atoms with van der Waals surface area (Å²) in [5, 5.41) is 0. The Morgan fingerprint density at radius 2 is 1.70 bits per heavy atom. The van der Waals surface area contributed by atoms with Gasteiger partial charge in [0.15, 0.2) is 11.2 Å². The highest BCUT2D eigenvalue weighted by Gasteiger charge is 2.30. The molecule has 1 atom stereocenters. The van der Waals surface area contributed by atoms with Crippen LogP contribution in [0.15, 0.2) is 58.1 Å². The molecule has 33 heavy (non-hydrogen) atoms. The Bertz CT molecular complexity index is 1440. The first-order valence-corrected chi connectivity index (χ1v) is 11.4. The first-order chi connectivity index (χ1) is 15.8. The van der Waals surface area contributed by atoms with Crippen LogP contribution in [0.1, 0.15) is 23.6 Å². The van der Waals surface area contributed by atoms with Gasteiger partial charge in [-0.25, -0.2) is 4.79 Å². The van der Waals surface area contributed by atoms with Crippen LogP contribution in [0.3, 0.4) is 0 Å². The first kappa shape index (κ1) is 21.2. The molecule has 0 radical (unpaired) electrons. The average molecular weight is 444 g/mol. The van der Waals surface area contributed by atoms with Crippen LogP contribution in [0.4, 0.5) is 11.6 Å². The molecule has 5 rings (SSSR count). The molecule has 0 fully saturated rings. The molecule has 4 aromatic rings. The van der Waals surface area contributed by atoms with E-state index in [2.05, 4.69) is 43.9 Å². The fraction of sp³-hybridized carbons (Fsp3) is 0.346. The van der Waals surface area contributed by atoms with Crippen LogP contribution in [-0.4, -0.2) is 25.2 Å². The van der Waals surface area contributed by atoms with E-state index in [1.54, 1.807) is 7.05 Å². The third-order valence-corrected chi connectivity index (χ3v) is 6.43. The van der Waals surface area contributed by atoms with E-state index in [-0.39, 0.29) is 11.2 Å². The van der Waals surface area contributed by atoms with Crippen molar-refractivity contribution in [3.05, 3.63) is 86.1 Å². The maximum Gasteiger partial charge on any atom is 0.332 e. The highest BCUT2D eigenvalue weighted by molar-refractivity contribution is 5.77. The highest BCUT2D eigenvalue weighted by Crippen LogP contribution is 2.33. The standard InChI is InChI=1S/C26H29N5O2/c1-17-12-18(2)14-21(13-17)30-15-19(3)16-31-22-23(27-25(30)31)28(4)26(33)29(24(22)32)11-10-20-8-6-5-7-9-20/h5-9,12-14,19H,10-11,15-16H2,1-4H3. The van der Waals surface area contributed by atoms with Crippen molar-refractivity contribution in [3.63, 3.8) is 0 Å². The van der Waals surface area contributed by atoms with Crippen molar-refractivity contribution >= 4 is 22.8 Å². The Morgan fingerprint density at radius 3 is 2.39 bits per heavy atom. The predicted octanol–water partition coefficient (Wildman–Crippen LogP) is 3.54. The number of rotatable bonds is 4. The summed E-state index contributed by atoms with van der Waals surface area (Å²) < 4.78 is 4.87. The van der Waals surface area contributed by atoms with E-state index in [0.717, 1.165) is 23.7 Å². The van der Waals surface area contributed by atoms with Crippen LogP contribution in [-0.2, 0) is 26.6 Å². The van der Waals surface area contributed by atoms with Crippen LogP contribution >= 0.6 is 0 Å². The van der Waals surface area contributed by atoms with Gasteiger partial charge in [0.2, 0.25) is 5.95 Å². The Morgan fingerprint density at radius 1 is 1.00 bits per heavy atom. The van der Waals surface area contributed by atoms with Gasteiger partial charge < -0.3 is 9.47 Å². The number of imidazole rings is 1. The number of aromatic nitrogens is 4. The Labute approximate surface area is 192 Å². The smallest absolute Gasteiger partial charge is 0.312 e. The summed E-state index contributed by atoms with van der Waals surface area (Å²) in [4.78, 5) is 33.7. The fourth-order valence-electron chi connectivity index (χ4n) is 4.91. The van der Waals surface area contributed by atoms with Crippen molar-refractivity contribution in [3.8, 4) is 0 Å². The van der Waals surface area contributed by atoms with Crippen molar-refractivity contribution < 1.29 is 0 Å². The van der Waals surface area contributed by atoms with Gasteiger partial charge in [0.25, 0.3) is 5.56 Å². The Hall–Kier alpha value is -3.61. The average Bonchev–Trinajstić information content (AvgIpc) is 3.16. The summed E-state index contributed by atoms with van der Waals surface area (Å²) in [5.74, 6) is 1.05. The number of hydrogen-bond donors (Lipinski definition) is 0. The second kappa shape index (κ2) is 8.06. The van der Waals surface area contributed by atoms with Gasteiger partial charge in [-0.2, -0.15) is 4.98 Å². The number of hydrogen-bond acceptors (Lipinski definition) is 4. The SMILES string of the molecule is Cc1cc(C)cc(N2CC(C)Cn3c2nc2c3c(=O)n(CCc3ccccc3)c(=O)n2C)c1. The van der Waals surface area contributed by atoms with Gasteiger partial charge in [0.05, 0.1) is 0 Å². The summed E-state index contributed by atoms with van der Waals surface area (Å²) in [5.41, 5.74) is 4.87. The molecule has 0 N–H and O–H groups in total. The van der Waals surface area contributed by atoms with E-state index in [0.29, 0.717) is 36.6 Å². The summed E-state index contributed by atoms with van der Waals surface area (Å²) >= 11 is 0. The molecule has 0 spiro atoms. The molecular weight excluding hydrogens is 414 g/mol. The number of nitrogens with zero attached hydrogens (tertiary/aromatic N) is 5. The molecule has 7 nitrogen and oxygen atoms in total. The third kappa shape index (κ3) is 3.67. The molecule has 0 saturated carbocycles. The normalized spacial score (nSPS) is 15.8. The lowest BCUT2D eigenvalue weighted by Gasteiger charge is -2.33. The van der Waals surface area contributed by atoms with E-state index in [4.69, 9.17) is 4.98 Å². The first-order valence-electron chi connectivity index (χ1n) is 11.4. The Kier molecular flexibility index (Phi) is 5.19. The zero-order valence-electron chi connectivity index (χ0n) is 19.6. The van der Waals surface area contributed by atoms with Crippen molar-refractivity contribution in [1.82, 2.24) is 18.7 Å². The number of aryl methyl sites for hydroxylation is 4. The zero-order chi connectivity index (χ0) is 23.3. The van der Waals surface area contributed by atoms with Crippen molar-refractivity contribution in [2.45, 2.75) is 40.3 Å². The zero-order valence-corrected chi connectivity index (χ0v) is 19.6. The molecule has 1 aliphatic rings. The lowest BCUT2D eigenvalue weighted by Crippen LogP contribution is -2.40. The molecule has 7 heteroatoms. The molecular formula is C26H29N5O2. The van der Waals surface area contributed by atoms with Gasteiger partial charge >= 0.3 is 5.69 Å². The van der Waals surface area contributed by atoms with Gasteiger partial charge in [-0.05, 0) is 55.0 Å². The third-order valence-electron chi connectivity index (χ3n) is 6.43. The van der Waals surface area contributed by atoms with Crippen LogP contribution in [0.2, 0.25) is 0 Å². The summed E-state index contributed by atoms with van der Waals surface area (Å²) in [6.07, 6.45) is 0.619. The molecule has 1 aliphatic heterocycles. The summed E-state index contributed by atoms with van der Waals surface area (Å²) in [6.45, 7) is 8.19. The van der Waals surface area contributed by atoms with Crippen molar-refractivity contribution in [2.24, 2.45) is 13.0 Å². The molecule has 0 amide bonds. The lowest BCUT2D eigenvalue weighted by atomic mass is 10.1. The minimum Gasteiger partial charge on any atom is -0.312 e. The molecule has 170 valence electrons. The fourth-order valence-corrected chi connectivity index (χ4v) is 4.91. The number of benzene rings is 2. The summed E-state index contributed by atoms with van der Waals surface area (Å²) in [6, 6.07) is 16.4. The minimum atomic E-state index is -0.329. The van der Waals surface area contributed by atoms with E-state index in [1.807, 2.05) is 34.9 Å². The second-order valence-corrected chi connectivity index (χ2v) is 9.29. The maximum absolute atomic E-state index is 13.6. The molecule has 2 aromatic carbocycles. The number of anilines is 2. The van der Waals surface area contributed by atoms with E-state index < -0.39 is 0 Å². The van der Waals surface area contributed by atoms with E-state index in [9.17, 15) is 9.59 Å². The quantitative estimate of drug-likeness (QED) is 0.484. The van der Waals surface area contributed by atoms with Gasteiger partial charge in [0, 0.05) is 32.4 Å². The minimum absolute atomic E-state index is 0.266. The second-order valence-electron chi connectivity index (χ2n) is 9.29. The van der Waals surface area contributed by atoms with Crippen LogP contribution in [0, 0.1) is 19.8 Å². The van der Waals surface area contributed by atoms with Crippen molar-refractivity contribution in [2.75, 3.05) is 11.4 Å². The van der Waals surface area contributed by atoms with E-state index >= 15 is 0 Å². The van der Waals surface area contributed by atoms with Crippen LogP contribution < -0.4 is 16.1 Å². The van der Waals surface area contributed by atoms with Crippen molar-refractivity contribution in [1.29, 1.82) is 0 Å². The number of fused-ring (bicyclic) bond motifs is 3. The van der Waals surface area contributed by atoms with Crippen LogP contribution in [0.25, 0.3) is 11.2 Å². The van der Waals surface area contributed by atoms with Gasteiger partial charge in [-0.1, -0.05) is 43.3 Å². The summed E-state index contributed by atoms with van der Waals surface area (Å²) in [7, 11) is 1.70. The lowest BCUT2D eigenvalue weighted by molar-refractivity contribution is 0.457. The van der Waals surface area contributed by atoms with E-state index in [1.165, 1.54) is 20.3 Å². The van der Waals surface area contributed by atoms with Gasteiger partial charge in [-0.3, -0.25) is 13.9 Å². The molecule has 0 saturated heterocycles. The topological polar surface area (TPSA) is 65.1 Å². The van der Waals surface area contributed by atoms with Gasteiger partial charge in [-0.15, -0.1) is 0 Å². The maximum atomic E-state index is 13.6. The Balaban J connectivity index is 1.66. The molecule has 2 aromatic heterocycles.